The van der Waals surface area contributed by atoms with Crippen LogP contribution in [-0.4, -0.2) is 29.6 Å². The highest BCUT2D eigenvalue weighted by Crippen LogP contribution is 2.17. The molecule has 0 aromatic carbocycles. The van der Waals surface area contributed by atoms with E-state index in [4.69, 9.17) is 5.73 Å². The SMILES string of the molecule is CCCNc1cc(N(C)C(C)C)nc(N)n1. The summed E-state index contributed by atoms with van der Waals surface area (Å²) in [5, 5.41) is 3.21. The van der Waals surface area contributed by atoms with Gasteiger partial charge < -0.3 is 16.0 Å². The van der Waals surface area contributed by atoms with Gasteiger partial charge in [-0.2, -0.15) is 9.97 Å². The highest BCUT2D eigenvalue weighted by molar-refractivity contribution is 5.52. The van der Waals surface area contributed by atoms with Gasteiger partial charge in [-0.15, -0.1) is 0 Å². The van der Waals surface area contributed by atoms with E-state index in [0.29, 0.717) is 12.0 Å². The minimum absolute atomic E-state index is 0.309. The fourth-order valence-corrected chi connectivity index (χ4v) is 1.24. The number of hydrogen-bond acceptors (Lipinski definition) is 5. The van der Waals surface area contributed by atoms with Crippen LogP contribution in [0.4, 0.5) is 17.6 Å². The molecule has 0 spiro atoms. The van der Waals surface area contributed by atoms with E-state index in [1.807, 2.05) is 13.1 Å². The van der Waals surface area contributed by atoms with Gasteiger partial charge in [0.2, 0.25) is 5.95 Å². The number of nitrogen functional groups attached to an aromatic ring is 1. The molecule has 16 heavy (non-hydrogen) atoms. The molecule has 0 saturated heterocycles. The van der Waals surface area contributed by atoms with Crippen molar-refractivity contribution in [3.05, 3.63) is 6.07 Å². The topological polar surface area (TPSA) is 67.1 Å². The van der Waals surface area contributed by atoms with Gasteiger partial charge in [-0.05, 0) is 20.3 Å². The summed E-state index contributed by atoms with van der Waals surface area (Å²) in [7, 11) is 2.00. The van der Waals surface area contributed by atoms with Gasteiger partial charge in [0, 0.05) is 25.7 Å². The van der Waals surface area contributed by atoms with Crippen LogP contribution in [-0.2, 0) is 0 Å². The molecule has 0 radical (unpaired) electrons. The maximum absolute atomic E-state index is 5.68. The van der Waals surface area contributed by atoms with E-state index in [-0.39, 0.29) is 0 Å². The van der Waals surface area contributed by atoms with Crippen LogP contribution in [0.15, 0.2) is 6.07 Å². The molecule has 3 N–H and O–H groups in total. The number of nitrogens with zero attached hydrogens (tertiary/aromatic N) is 3. The van der Waals surface area contributed by atoms with Crippen molar-refractivity contribution in [2.24, 2.45) is 0 Å². The van der Waals surface area contributed by atoms with Crippen molar-refractivity contribution in [1.29, 1.82) is 0 Å². The highest BCUT2D eigenvalue weighted by atomic mass is 15.2. The Kier molecular flexibility index (Phi) is 4.34. The first kappa shape index (κ1) is 12.5. The van der Waals surface area contributed by atoms with Crippen molar-refractivity contribution in [3.63, 3.8) is 0 Å². The molecule has 1 aromatic heterocycles. The average Bonchev–Trinajstić information content (AvgIpc) is 2.24. The van der Waals surface area contributed by atoms with Gasteiger partial charge in [-0.1, -0.05) is 6.92 Å². The Labute approximate surface area is 97.1 Å². The monoisotopic (exact) mass is 223 g/mol. The van der Waals surface area contributed by atoms with Crippen molar-refractivity contribution in [1.82, 2.24) is 9.97 Å². The Morgan fingerprint density at radius 1 is 1.44 bits per heavy atom. The van der Waals surface area contributed by atoms with E-state index in [1.54, 1.807) is 0 Å². The Bertz CT molecular complexity index is 337. The largest absolute Gasteiger partial charge is 0.370 e. The zero-order valence-corrected chi connectivity index (χ0v) is 10.5. The first-order valence-corrected chi connectivity index (χ1v) is 5.65. The third-order valence-corrected chi connectivity index (χ3v) is 2.42. The van der Waals surface area contributed by atoms with Crippen LogP contribution in [0.1, 0.15) is 27.2 Å². The van der Waals surface area contributed by atoms with Gasteiger partial charge in [-0.25, -0.2) is 0 Å². The molecule has 0 unspecified atom stereocenters. The molecule has 0 fully saturated rings. The molecule has 0 aliphatic carbocycles. The molecule has 1 aromatic rings. The normalized spacial score (nSPS) is 10.6. The van der Waals surface area contributed by atoms with Crippen LogP contribution in [0, 0.1) is 0 Å². The third-order valence-electron chi connectivity index (χ3n) is 2.42. The number of nitrogens with one attached hydrogen (secondary N) is 1. The van der Waals surface area contributed by atoms with Crippen LogP contribution in [0.2, 0.25) is 0 Å². The lowest BCUT2D eigenvalue weighted by Crippen LogP contribution is -2.27. The molecule has 5 heteroatoms. The van der Waals surface area contributed by atoms with Crippen LogP contribution in [0.3, 0.4) is 0 Å². The van der Waals surface area contributed by atoms with E-state index in [2.05, 4.69) is 41.0 Å². The predicted molar refractivity (Wildman–Crippen MR) is 68.8 cm³/mol. The summed E-state index contributed by atoms with van der Waals surface area (Å²) < 4.78 is 0. The molecule has 5 nitrogen and oxygen atoms in total. The summed E-state index contributed by atoms with van der Waals surface area (Å²) in [5.74, 6) is 1.95. The molecule has 0 atom stereocenters. The van der Waals surface area contributed by atoms with Crippen LogP contribution in [0.25, 0.3) is 0 Å². The maximum Gasteiger partial charge on any atom is 0.223 e. The minimum Gasteiger partial charge on any atom is -0.370 e. The van der Waals surface area contributed by atoms with Gasteiger partial charge in [0.25, 0.3) is 0 Å². The number of aromatic nitrogens is 2. The summed E-state index contributed by atoms with van der Waals surface area (Å²) >= 11 is 0. The lowest BCUT2D eigenvalue weighted by atomic mass is 10.3. The molecule has 0 saturated carbocycles. The number of nitrogens with two attached hydrogens (primary N) is 1. The third kappa shape index (κ3) is 3.25. The molecule has 1 heterocycles. The second kappa shape index (κ2) is 5.53. The Balaban J connectivity index is 2.89. The van der Waals surface area contributed by atoms with Gasteiger partial charge in [-0.3, -0.25) is 0 Å². The number of rotatable bonds is 5. The summed E-state index contributed by atoms with van der Waals surface area (Å²) in [6.45, 7) is 7.22. The quantitative estimate of drug-likeness (QED) is 0.795. The standard InChI is InChI=1S/C11H21N5/c1-5-6-13-9-7-10(15-11(12)14-9)16(4)8(2)3/h7-8H,5-6H2,1-4H3,(H3,12,13,14,15). The molecular weight excluding hydrogens is 202 g/mol. The van der Waals surface area contributed by atoms with E-state index in [1.165, 1.54) is 0 Å². The summed E-state index contributed by atoms with van der Waals surface area (Å²) in [5.41, 5.74) is 5.68. The zero-order chi connectivity index (χ0) is 12.1. The van der Waals surface area contributed by atoms with Crippen molar-refractivity contribution >= 4 is 17.6 Å². The van der Waals surface area contributed by atoms with Crippen LogP contribution in [0.5, 0.6) is 0 Å². The highest BCUT2D eigenvalue weighted by Gasteiger charge is 2.09. The van der Waals surface area contributed by atoms with Crippen molar-refractivity contribution in [3.8, 4) is 0 Å². The van der Waals surface area contributed by atoms with Crippen LogP contribution < -0.4 is 16.0 Å². The van der Waals surface area contributed by atoms with Gasteiger partial charge in [0.1, 0.15) is 11.6 Å². The van der Waals surface area contributed by atoms with Crippen molar-refractivity contribution in [2.75, 3.05) is 29.5 Å². The second-order valence-corrected chi connectivity index (χ2v) is 4.10. The molecule has 1 rings (SSSR count). The summed E-state index contributed by atoms with van der Waals surface area (Å²) in [6.07, 6.45) is 1.05. The Hall–Kier alpha value is -1.52. The molecular formula is C11H21N5. The van der Waals surface area contributed by atoms with Crippen molar-refractivity contribution in [2.45, 2.75) is 33.2 Å². The summed E-state index contributed by atoms with van der Waals surface area (Å²) in [4.78, 5) is 10.4. The zero-order valence-electron chi connectivity index (χ0n) is 10.5. The molecule has 0 aliphatic rings. The fourth-order valence-electron chi connectivity index (χ4n) is 1.24. The van der Waals surface area contributed by atoms with E-state index >= 15 is 0 Å². The molecule has 0 aliphatic heterocycles. The Morgan fingerprint density at radius 2 is 2.12 bits per heavy atom. The number of anilines is 3. The van der Waals surface area contributed by atoms with Crippen molar-refractivity contribution < 1.29 is 0 Å². The summed E-state index contributed by atoms with van der Waals surface area (Å²) in [6, 6.07) is 2.31. The van der Waals surface area contributed by atoms with Gasteiger partial charge in [0.15, 0.2) is 0 Å². The van der Waals surface area contributed by atoms with E-state index < -0.39 is 0 Å². The first-order chi connectivity index (χ1) is 7.54. The van der Waals surface area contributed by atoms with E-state index in [0.717, 1.165) is 24.6 Å². The molecule has 0 bridgehead atoms. The van der Waals surface area contributed by atoms with Gasteiger partial charge in [0.05, 0.1) is 0 Å². The Morgan fingerprint density at radius 3 is 2.69 bits per heavy atom. The van der Waals surface area contributed by atoms with Crippen LogP contribution >= 0.6 is 0 Å². The second-order valence-electron chi connectivity index (χ2n) is 4.10. The minimum atomic E-state index is 0.309. The lowest BCUT2D eigenvalue weighted by Gasteiger charge is -2.23. The molecule has 90 valence electrons. The van der Waals surface area contributed by atoms with E-state index in [9.17, 15) is 0 Å². The first-order valence-electron chi connectivity index (χ1n) is 5.65. The predicted octanol–water partition coefficient (Wildman–Crippen LogP) is 1.73. The smallest absolute Gasteiger partial charge is 0.223 e. The lowest BCUT2D eigenvalue weighted by molar-refractivity contribution is 0.742. The maximum atomic E-state index is 5.68. The number of hydrogen-bond donors (Lipinski definition) is 2. The average molecular weight is 223 g/mol. The van der Waals surface area contributed by atoms with Gasteiger partial charge >= 0.3 is 0 Å². The molecule has 0 amide bonds. The fraction of sp³-hybridized carbons (Fsp3) is 0.636.